The van der Waals surface area contributed by atoms with E-state index in [-0.39, 0.29) is 6.61 Å². The van der Waals surface area contributed by atoms with Gasteiger partial charge in [0, 0.05) is 17.8 Å². The van der Waals surface area contributed by atoms with Gasteiger partial charge in [-0.2, -0.15) is 0 Å². The Balaban J connectivity index is 2.04. The van der Waals surface area contributed by atoms with Crippen LogP contribution < -0.4 is 0 Å². The predicted molar refractivity (Wildman–Crippen MR) is 75.1 cm³/mol. The lowest BCUT2D eigenvalue weighted by Crippen LogP contribution is -1.91. The highest BCUT2D eigenvalue weighted by atomic mass is 79.9. The topological polar surface area (TPSA) is 50.4 Å². The van der Waals surface area contributed by atoms with Gasteiger partial charge in [-0.25, -0.2) is 9.97 Å². The lowest BCUT2D eigenvalue weighted by Gasteiger charge is -2.02. The first-order valence-corrected chi connectivity index (χ1v) is 7.62. The first-order valence-electron chi connectivity index (χ1n) is 5.13. The van der Waals surface area contributed by atoms with Crippen LogP contribution in [0.15, 0.2) is 44.4 Å². The summed E-state index contributed by atoms with van der Waals surface area (Å²) in [5, 5.41) is 13.1. The molecule has 3 aromatic heterocycles. The molecule has 3 heterocycles. The molecule has 7 heteroatoms. The van der Waals surface area contributed by atoms with Crippen LogP contribution in [0.25, 0.3) is 4.96 Å². The average molecular weight is 342 g/mol. The molecule has 0 unspecified atom stereocenters. The number of aliphatic hydroxyl groups excluding tert-OH is 1. The highest BCUT2D eigenvalue weighted by Crippen LogP contribution is 2.34. The molecule has 0 bridgehead atoms. The first-order chi connectivity index (χ1) is 8.79. The van der Waals surface area contributed by atoms with Crippen molar-refractivity contribution in [3.8, 4) is 0 Å². The third kappa shape index (κ3) is 2.07. The van der Waals surface area contributed by atoms with Gasteiger partial charge in [0.1, 0.15) is 10.1 Å². The summed E-state index contributed by atoms with van der Waals surface area (Å²) in [7, 11) is 0. The van der Waals surface area contributed by atoms with E-state index in [2.05, 4.69) is 25.9 Å². The van der Waals surface area contributed by atoms with Crippen LogP contribution in [-0.4, -0.2) is 19.5 Å². The number of hydrogen-bond acceptors (Lipinski definition) is 5. The summed E-state index contributed by atoms with van der Waals surface area (Å²) >= 11 is 6.46. The highest BCUT2D eigenvalue weighted by Gasteiger charge is 2.15. The molecule has 3 rings (SSSR count). The van der Waals surface area contributed by atoms with Crippen molar-refractivity contribution in [2.24, 2.45) is 0 Å². The second-order valence-corrected chi connectivity index (χ2v) is 6.17. The molecule has 1 N–H and O–H groups in total. The second-order valence-electron chi connectivity index (χ2n) is 3.47. The SMILES string of the molecule is OCc1c(Sc2ncccc2Br)nc2sccn12. The molecule has 0 aromatic carbocycles. The van der Waals surface area contributed by atoms with E-state index in [1.165, 1.54) is 11.8 Å². The molecule has 0 aliphatic heterocycles. The largest absolute Gasteiger partial charge is 0.390 e. The van der Waals surface area contributed by atoms with Crippen molar-refractivity contribution < 1.29 is 5.11 Å². The molecule has 0 amide bonds. The van der Waals surface area contributed by atoms with Crippen molar-refractivity contribution >= 4 is 44.0 Å². The normalized spacial score (nSPS) is 11.2. The lowest BCUT2D eigenvalue weighted by molar-refractivity contribution is 0.272. The van der Waals surface area contributed by atoms with Gasteiger partial charge >= 0.3 is 0 Å². The van der Waals surface area contributed by atoms with Crippen molar-refractivity contribution in [3.05, 3.63) is 40.1 Å². The Bertz CT molecular complexity index is 694. The molecular weight excluding hydrogens is 334 g/mol. The molecule has 18 heavy (non-hydrogen) atoms. The van der Waals surface area contributed by atoms with E-state index in [4.69, 9.17) is 0 Å². The minimum Gasteiger partial charge on any atom is -0.390 e. The Hall–Kier alpha value is -0.890. The first kappa shape index (κ1) is 12.2. The third-order valence-corrected chi connectivity index (χ3v) is 5.09. The van der Waals surface area contributed by atoms with Crippen molar-refractivity contribution in [2.45, 2.75) is 16.7 Å². The van der Waals surface area contributed by atoms with E-state index >= 15 is 0 Å². The van der Waals surface area contributed by atoms with Crippen molar-refractivity contribution in [2.75, 3.05) is 0 Å². The molecule has 0 aliphatic rings. The van der Waals surface area contributed by atoms with E-state index in [9.17, 15) is 5.11 Å². The molecular formula is C11H8BrN3OS2. The van der Waals surface area contributed by atoms with Crippen molar-refractivity contribution in [1.82, 2.24) is 14.4 Å². The molecule has 0 fully saturated rings. The minimum atomic E-state index is -0.0370. The molecule has 3 aromatic rings. The minimum absolute atomic E-state index is 0.0370. The Labute approximate surface area is 120 Å². The number of imidazole rings is 1. The van der Waals surface area contributed by atoms with Gasteiger partial charge in [0.15, 0.2) is 4.96 Å². The fourth-order valence-corrected chi connectivity index (χ4v) is 3.74. The zero-order chi connectivity index (χ0) is 12.5. The van der Waals surface area contributed by atoms with Crippen LogP contribution in [0.5, 0.6) is 0 Å². The molecule has 0 atom stereocenters. The van der Waals surface area contributed by atoms with Crippen LogP contribution in [0.3, 0.4) is 0 Å². The van der Waals surface area contributed by atoms with Gasteiger partial charge in [-0.3, -0.25) is 4.40 Å². The summed E-state index contributed by atoms with van der Waals surface area (Å²) in [6.45, 7) is -0.0370. The fraction of sp³-hybridized carbons (Fsp3) is 0.0909. The maximum absolute atomic E-state index is 9.47. The number of nitrogens with zero attached hydrogens (tertiary/aromatic N) is 3. The zero-order valence-corrected chi connectivity index (χ0v) is 12.3. The fourth-order valence-electron chi connectivity index (χ4n) is 1.58. The van der Waals surface area contributed by atoms with Crippen LogP contribution in [0.2, 0.25) is 0 Å². The number of aliphatic hydroxyl groups is 1. The summed E-state index contributed by atoms with van der Waals surface area (Å²) in [5.74, 6) is 0. The quantitative estimate of drug-likeness (QED) is 0.794. The molecule has 0 aliphatic carbocycles. The van der Waals surface area contributed by atoms with Gasteiger partial charge in [-0.15, -0.1) is 11.3 Å². The summed E-state index contributed by atoms with van der Waals surface area (Å²) in [5.41, 5.74) is 0.800. The summed E-state index contributed by atoms with van der Waals surface area (Å²) in [4.78, 5) is 9.68. The zero-order valence-electron chi connectivity index (χ0n) is 9.08. The summed E-state index contributed by atoms with van der Waals surface area (Å²) in [6, 6.07) is 3.80. The van der Waals surface area contributed by atoms with E-state index in [1.54, 1.807) is 17.5 Å². The van der Waals surface area contributed by atoms with Crippen LogP contribution in [-0.2, 0) is 6.61 Å². The van der Waals surface area contributed by atoms with Crippen molar-refractivity contribution in [1.29, 1.82) is 0 Å². The second kappa shape index (κ2) is 5.00. The van der Waals surface area contributed by atoms with E-state index < -0.39 is 0 Å². The lowest BCUT2D eigenvalue weighted by atomic mass is 10.5. The maximum Gasteiger partial charge on any atom is 0.195 e. The van der Waals surface area contributed by atoms with Gasteiger partial charge in [0.25, 0.3) is 0 Å². The molecule has 0 saturated heterocycles. The van der Waals surface area contributed by atoms with Gasteiger partial charge < -0.3 is 5.11 Å². The summed E-state index contributed by atoms with van der Waals surface area (Å²) in [6.07, 6.45) is 3.65. The Morgan fingerprint density at radius 3 is 3.11 bits per heavy atom. The molecule has 4 nitrogen and oxygen atoms in total. The standard InChI is InChI=1S/C11H8BrN3OS2/c12-7-2-1-3-13-9(7)18-10-8(6-16)15-4-5-17-11(15)14-10/h1-5,16H,6H2. The van der Waals surface area contributed by atoms with Crippen LogP contribution in [0, 0.1) is 0 Å². The molecule has 0 saturated carbocycles. The Kier molecular flexibility index (Phi) is 3.38. The molecule has 0 radical (unpaired) electrons. The Morgan fingerprint density at radius 2 is 2.33 bits per heavy atom. The molecule has 92 valence electrons. The van der Waals surface area contributed by atoms with Gasteiger partial charge in [0.2, 0.25) is 0 Å². The van der Waals surface area contributed by atoms with Crippen LogP contribution >= 0.6 is 39.0 Å². The van der Waals surface area contributed by atoms with Gasteiger partial charge in [-0.05, 0) is 39.8 Å². The molecule has 0 spiro atoms. The van der Waals surface area contributed by atoms with Gasteiger partial charge in [0.05, 0.1) is 16.8 Å². The maximum atomic E-state index is 9.47. The number of aromatic nitrogens is 3. The average Bonchev–Trinajstić information content (AvgIpc) is 2.92. The van der Waals surface area contributed by atoms with Gasteiger partial charge in [-0.1, -0.05) is 0 Å². The number of rotatable bonds is 3. The predicted octanol–water partition coefficient (Wildman–Crippen LogP) is 3.20. The smallest absolute Gasteiger partial charge is 0.195 e. The number of fused-ring (bicyclic) bond motifs is 1. The highest BCUT2D eigenvalue weighted by molar-refractivity contribution is 9.10. The van der Waals surface area contributed by atoms with E-state index in [1.807, 2.05) is 28.1 Å². The number of thiazole rings is 1. The van der Waals surface area contributed by atoms with Crippen LogP contribution in [0.1, 0.15) is 5.69 Å². The van der Waals surface area contributed by atoms with E-state index in [0.29, 0.717) is 0 Å². The van der Waals surface area contributed by atoms with E-state index in [0.717, 1.165) is 25.2 Å². The third-order valence-electron chi connectivity index (χ3n) is 2.39. The monoisotopic (exact) mass is 341 g/mol. The number of pyridine rings is 1. The summed E-state index contributed by atoms with van der Waals surface area (Å²) < 4.78 is 2.83. The number of halogens is 1. The Morgan fingerprint density at radius 1 is 1.44 bits per heavy atom. The number of hydrogen-bond donors (Lipinski definition) is 1. The van der Waals surface area contributed by atoms with Crippen LogP contribution in [0.4, 0.5) is 0 Å². The van der Waals surface area contributed by atoms with Crippen molar-refractivity contribution in [3.63, 3.8) is 0 Å².